The van der Waals surface area contributed by atoms with Gasteiger partial charge in [0, 0.05) is 19.3 Å². The zero-order valence-corrected chi connectivity index (χ0v) is 10.9. The van der Waals surface area contributed by atoms with Gasteiger partial charge < -0.3 is 14.8 Å². The molecule has 1 heterocycles. The molecule has 1 atom stereocenters. The summed E-state index contributed by atoms with van der Waals surface area (Å²) in [6.45, 7) is 1.44. The van der Waals surface area contributed by atoms with Crippen molar-refractivity contribution in [1.29, 1.82) is 0 Å². The Kier molecular flexibility index (Phi) is 4.74. The lowest BCUT2D eigenvalue weighted by Gasteiger charge is -2.19. The normalized spacial score (nSPS) is 19.6. The van der Waals surface area contributed by atoms with Gasteiger partial charge in [0.05, 0.1) is 18.4 Å². The van der Waals surface area contributed by atoms with Gasteiger partial charge in [-0.3, -0.25) is 0 Å². The molecular weight excluding hydrogens is 249 g/mol. The first-order chi connectivity index (χ1) is 9.20. The van der Waals surface area contributed by atoms with Crippen LogP contribution in [0.15, 0.2) is 18.2 Å². The van der Waals surface area contributed by atoms with Crippen LogP contribution in [0.1, 0.15) is 29.6 Å². The molecule has 1 saturated heterocycles. The quantitative estimate of drug-likeness (QED) is 0.855. The van der Waals surface area contributed by atoms with E-state index in [1.807, 2.05) is 0 Å². The number of esters is 1. The second-order valence-electron chi connectivity index (χ2n) is 4.57. The molecule has 1 unspecified atom stereocenters. The highest BCUT2D eigenvalue weighted by atomic mass is 19.1. The molecule has 1 fully saturated rings. The van der Waals surface area contributed by atoms with Crippen molar-refractivity contribution in [2.45, 2.75) is 25.3 Å². The zero-order chi connectivity index (χ0) is 13.7. The average molecular weight is 267 g/mol. The van der Waals surface area contributed by atoms with Crippen LogP contribution in [0.25, 0.3) is 0 Å². The van der Waals surface area contributed by atoms with E-state index in [9.17, 15) is 9.18 Å². The Morgan fingerprint density at radius 3 is 3.05 bits per heavy atom. The fourth-order valence-corrected chi connectivity index (χ4v) is 2.19. The third-order valence-electron chi connectivity index (χ3n) is 3.20. The number of ether oxygens (including phenoxy) is 2. The van der Waals surface area contributed by atoms with Gasteiger partial charge in [-0.25, -0.2) is 9.18 Å². The van der Waals surface area contributed by atoms with Gasteiger partial charge >= 0.3 is 5.97 Å². The van der Waals surface area contributed by atoms with Gasteiger partial charge in [-0.2, -0.15) is 0 Å². The molecule has 1 N–H and O–H groups in total. The summed E-state index contributed by atoms with van der Waals surface area (Å²) < 4.78 is 23.4. The summed E-state index contributed by atoms with van der Waals surface area (Å²) in [5.74, 6) is -0.840. The third kappa shape index (κ3) is 3.67. The number of methoxy groups -OCH3 is 1. The summed E-state index contributed by atoms with van der Waals surface area (Å²) in [7, 11) is 1.31. The minimum Gasteiger partial charge on any atom is -0.465 e. The summed E-state index contributed by atoms with van der Waals surface area (Å²) in [6.07, 6.45) is 2.74. The van der Waals surface area contributed by atoms with E-state index in [0.717, 1.165) is 25.9 Å². The summed E-state index contributed by atoms with van der Waals surface area (Å²) >= 11 is 0. The molecule has 1 aliphatic heterocycles. The molecule has 0 spiro atoms. The van der Waals surface area contributed by atoms with Gasteiger partial charge in [0.25, 0.3) is 0 Å². The first kappa shape index (κ1) is 13.8. The van der Waals surface area contributed by atoms with Crippen LogP contribution in [-0.2, 0) is 9.47 Å². The molecule has 2 rings (SSSR count). The number of benzene rings is 1. The molecule has 0 bridgehead atoms. The second-order valence-corrected chi connectivity index (χ2v) is 4.57. The van der Waals surface area contributed by atoms with Gasteiger partial charge in [-0.15, -0.1) is 0 Å². The Hall–Kier alpha value is -1.62. The average Bonchev–Trinajstić information content (AvgIpc) is 2.67. The monoisotopic (exact) mass is 267 g/mol. The summed E-state index contributed by atoms with van der Waals surface area (Å²) in [4.78, 5) is 11.6. The highest BCUT2D eigenvalue weighted by molar-refractivity contribution is 5.95. The van der Waals surface area contributed by atoms with Crippen molar-refractivity contribution < 1.29 is 18.7 Å². The maximum absolute atomic E-state index is 13.3. The standard InChI is InChI=1S/C14H18FNO3/c1-18-14(17)12-5-4-10(15)9-13(12)16-11-3-2-7-19-8-6-11/h4-5,9,11,16H,2-3,6-8H2,1H3. The van der Waals surface area contributed by atoms with Gasteiger partial charge in [0.15, 0.2) is 0 Å². The van der Waals surface area contributed by atoms with E-state index >= 15 is 0 Å². The highest BCUT2D eigenvalue weighted by Crippen LogP contribution is 2.22. The van der Waals surface area contributed by atoms with Gasteiger partial charge in [-0.1, -0.05) is 0 Å². The lowest BCUT2D eigenvalue weighted by molar-refractivity contribution is 0.0601. The third-order valence-corrected chi connectivity index (χ3v) is 3.20. The van der Waals surface area contributed by atoms with Crippen LogP contribution in [0.5, 0.6) is 0 Å². The Morgan fingerprint density at radius 2 is 2.26 bits per heavy atom. The van der Waals surface area contributed by atoms with E-state index in [1.165, 1.54) is 25.3 Å². The van der Waals surface area contributed by atoms with Crippen LogP contribution >= 0.6 is 0 Å². The van der Waals surface area contributed by atoms with Crippen LogP contribution in [0, 0.1) is 5.82 Å². The molecule has 104 valence electrons. The minimum absolute atomic E-state index is 0.188. The number of rotatable bonds is 3. The fraction of sp³-hybridized carbons (Fsp3) is 0.500. The highest BCUT2D eigenvalue weighted by Gasteiger charge is 2.17. The number of hydrogen-bond acceptors (Lipinski definition) is 4. The Morgan fingerprint density at radius 1 is 1.42 bits per heavy atom. The number of carbonyl (C=O) groups is 1. The number of anilines is 1. The van der Waals surface area contributed by atoms with E-state index in [4.69, 9.17) is 9.47 Å². The van der Waals surface area contributed by atoms with E-state index in [2.05, 4.69) is 5.32 Å². The predicted octanol–water partition coefficient (Wildman–Crippen LogP) is 2.59. The van der Waals surface area contributed by atoms with Gasteiger partial charge in [0.2, 0.25) is 0 Å². The molecule has 4 nitrogen and oxygen atoms in total. The maximum atomic E-state index is 13.3. The van der Waals surface area contributed by atoms with Gasteiger partial charge in [0.1, 0.15) is 5.82 Å². The SMILES string of the molecule is COC(=O)c1ccc(F)cc1NC1CCCOCC1. The van der Waals surface area contributed by atoms with Crippen molar-refractivity contribution in [3.63, 3.8) is 0 Å². The van der Waals surface area contributed by atoms with Crippen LogP contribution in [-0.4, -0.2) is 32.3 Å². The van der Waals surface area contributed by atoms with Crippen LogP contribution < -0.4 is 5.32 Å². The summed E-state index contributed by atoms with van der Waals surface area (Å²) in [6, 6.07) is 4.22. The first-order valence-electron chi connectivity index (χ1n) is 6.43. The van der Waals surface area contributed by atoms with Crippen LogP contribution in [0.3, 0.4) is 0 Å². The van der Waals surface area contributed by atoms with Crippen molar-refractivity contribution >= 4 is 11.7 Å². The van der Waals surface area contributed by atoms with Crippen molar-refractivity contribution in [3.05, 3.63) is 29.6 Å². The summed E-state index contributed by atoms with van der Waals surface area (Å²) in [5, 5.41) is 3.22. The predicted molar refractivity (Wildman–Crippen MR) is 69.8 cm³/mol. The molecule has 1 aromatic carbocycles. The minimum atomic E-state index is -0.465. The molecule has 5 heteroatoms. The zero-order valence-electron chi connectivity index (χ0n) is 10.9. The van der Waals surface area contributed by atoms with Crippen molar-refractivity contribution in [1.82, 2.24) is 0 Å². The Labute approximate surface area is 111 Å². The van der Waals surface area contributed by atoms with Gasteiger partial charge in [-0.05, 0) is 37.5 Å². The molecule has 1 aromatic rings. The topological polar surface area (TPSA) is 47.6 Å². The number of nitrogens with one attached hydrogen (secondary N) is 1. The molecule has 0 aromatic heterocycles. The molecule has 1 aliphatic rings. The molecule has 0 amide bonds. The van der Waals surface area contributed by atoms with Crippen LogP contribution in [0.4, 0.5) is 10.1 Å². The lowest BCUT2D eigenvalue weighted by Crippen LogP contribution is -2.21. The second kappa shape index (κ2) is 6.52. The van der Waals surface area contributed by atoms with Crippen molar-refractivity contribution in [3.8, 4) is 0 Å². The Bertz CT molecular complexity index is 442. The van der Waals surface area contributed by atoms with E-state index in [-0.39, 0.29) is 11.9 Å². The molecule has 0 radical (unpaired) electrons. The molecule has 0 aliphatic carbocycles. The van der Waals surface area contributed by atoms with E-state index in [0.29, 0.717) is 17.9 Å². The molecule has 0 saturated carbocycles. The lowest BCUT2D eigenvalue weighted by atomic mass is 10.1. The van der Waals surface area contributed by atoms with E-state index in [1.54, 1.807) is 0 Å². The molecular formula is C14H18FNO3. The number of hydrogen-bond donors (Lipinski definition) is 1. The number of halogens is 1. The maximum Gasteiger partial charge on any atom is 0.339 e. The molecule has 19 heavy (non-hydrogen) atoms. The van der Waals surface area contributed by atoms with Crippen molar-refractivity contribution in [2.75, 3.05) is 25.6 Å². The fourth-order valence-electron chi connectivity index (χ4n) is 2.19. The number of carbonyl (C=O) groups excluding carboxylic acids is 1. The summed E-state index contributed by atoms with van der Waals surface area (Å²) in [5.41, 5.74) is 0.841. The van der Waals surface area contributed by atoms with Crippen LogP contribution in [0.2, 0.25) is 0 Å². The smallest absolute Gasteiger partial charge is 0.339 e. The van der Waals surface area contributed by atoms with E-state index < -0.39 is 5.97 Å². The largest absolute Gasteiger partial charge is 0.465 e. The first-order valence-corrected chi connectivity index (χ1v) is 6.43. The van der Waals surface area contributed by atoms with Crippen molar-refractivity contribution in [2.24, 2.45) is 0 Å². The Balaban J connectivity index is 2.17.